The zero-order valence-electron chi connectivity index (χ0n) is 28.8. The first-order valence-corrected chi connectivity index (χ1v) is 19.4. The summed E-state index contributed by atoms with van der Waals surface area (Å²) < 4.78 is 16.2. The molecule has 0 radical (unpaired) electrons. The number of anilines is 6. The van der Waals surface area contributed by atoms with Gasteiger partial charge in [0.2, 0.25) is 0 Å². The van der Waals surface area contributed by atoms with Crippen LogP contribution in [0.25, 0.3) is 0 Å². The number of rotatable bonds is 3. The predicted molar refractivity (Wildman–Crippen MR) is 202 cm³/mol. The van der Waals surface area contributed by atoms with E-state index in [4.69, 9.17) is 0 Å². The molecule has 2 saturated carbocycles. The summed E-state index contributed by atoms with van der Waals surface area (Å²) in [5, 5.41) is 0. The standard InChI is InChI=1S/C42H45BFN3S/c1-41(2)45(31-18-12-7-13-19-31)36-22-28(26-14-8-5-9-15-26)20-32-39(36)46(41)34-24-30(44)25-35-38(34)43(32)33-21-29(27-16-10-6-11-17-27)23-37-40(33)47(35)42(3,4)48-37/h7,12-13,18-27H,5-6,8-11,14-17H2,1-4H3. The molecule has 0 saturated heterocycles. The quantitative estimate of drug-likeness (QED) is 0.204. The maximum absolute atomic E-state index is 16.2. The van der Waals surface area contributed by atoms with Gasteiger partial charge in [-0.3, -0.25) is 0 Å². The highest BCUT2D eigenvalue weighted by atomic mass is 32.2. The van der Waals surface area contributed by atoms with Gasteiger partial charge in [0.25, 0.3) is 6.71 Å². The van der Waals surface area contributed by atoms with E-state index in [0.717, 1.165) is 11.4 Å². The van der Waals surface area contributed by atoms with Crippen molar-refractivity contribution in [3.8, 4) is 0 Å². The minimum absolute atomic E-state index is 0.0682. The van der Waals surface area contributed by atoms with Crippen molar-refractivity contribution >= 4 is 69.0 Å². The van der Waals surface area contributed by atoms with Gasteiger partial charge in [0.05, 0.1) is 21.9 Å². The van der Waals surface area contributed by atoms with Gasteiger partial charge in [0.15, 0.2) is 0 Å². The molecule has 0 spiro atoms. The molecule has 0 amide bonds. The smallest absolute Gasteiger partial charge is 0.252 e. The number of para-hydroxylation sites is 1. The Labute approximate surface area is 290 Å². The van der Waals surface area contributed by atoms with Crippen molar-refractivity contribution in [3.05, 3.63) is 83.7 Å². The maximum atomic E-state index is 16.2. The van der Waals surface area contributed by atoms with Crippen LogP contribution < -0.4 is 31.1 Å². The topological polar surface area (TPSA) is 9.72 Å². The summed E-state index contributed by atoms with van der Waals surface area (Å²) >= 11 is 1.97. The Kier molecular flexibility index (Phi) is 6.35. The second-order valence-corrected chi connectivity index (χ2v) is 17.9. The summed E-state index contributed by atoms with van der Waals surface area (Å²) in [6.45, 7) is 9.37. The Hall–Kier alpha value is -3.38. The zero-order chi connectivity index (χ0) is 32.5. The Morgan fingerprint density at radius 2 is 1.23 bits per heavy atom. The van der Waals surface area contributed by atoms with Crippen LogP contribution in [-0.2, 0) is 0 Å². The SMILES string of the molecule is CC1(C)Sc2cc(C3CCCCC3)cc3c2N1c1cc(F)cc2c1B3c1cc(C3CCCCC3)cc3c1N2C(C)(C)N3c1ccccc1. The summed E-state index contributed by atoms with van der Waals surface area (Å²) in [4.78, 5) is 8.70. The first-order valence-electron chi connectivity index (χ1n) is 18.6. The molecule has 6 aliphatic rings. The van der Waals surface area contributed by atoms with E-state index in [-0.39, 0.29) is 17.4 Å². The van der Waals surface area contributed by atoms with Crippen LogP contribution in [0.1, 0.15) is 115 Å². The van der Waals surface area contributed by atoms with Crippen molar-refractivity contribution in [2.45, 2.75) is 119 Å². The number of hydrogen-bond acceptors (Lipinski definition) is 4. The fourth-order valence-corrected chi connectivity index (χ4v) is 12.0. The van der Waals surface area contributed by atoms with Crippen LogP contribution in [0.4, 0.5) is 38.5 Å². The van der Waals surface area contributed by atoms with E-state index in [1.54, 1.807) is 0 Å². The van der Waals surface area contributed by atoms with Crippen LogP contribution in [0.2, 0.25) is 0 Å². The molecule has 2 aliphatic carbocycles. The third kappa shape index (κ3) is 4.02. The molecule has 0 bridgehead atoms. The summed E-state index contributed by atoms with van der Waals surface area (Å²) in [6, 6.07) is 24.8. The lowest BCUT2D eigenvalue weighted by atomic mass is 9.33. The van der Waals surface area contributed by atoms with Gasteiger partial charge in [0, 0.05) is 22.0 Å². The molecule has 48 heavy (non-hydrogen) atoms. The summed E-state index contributed by atoms with van der Waals surface area (Å²) in [6.07, 6.45) is 13.1. The van der Waals surface area contributed by atoms with E-state index in [0.29, 0.717) is 11.8 Å². The maximum Gasteiger partial charge on any atom is 0.252 e. The third-order valence-corrected chi connectivity index (χ3v) is 13.8. The first kappa shape index (κ1) is 29.5. The average Bonchev–Trinajstić information content (AvgIpc) is 3.51. The molecule has 244 valence electrons. The normalized spacial score (nSPS) is 21.8. The van der Waals surface area contributed by atoms with Gasteiger partial charge in [-0.05, 0) is 129 Å². The van der Waals surface area contributed by atoms with E-state index in [1.807, 2.05) is 23.9 Å². The molecule has 0 aromatic heterocycles. The first-order chi connectivity index (χ1) is 23.2. The van der Waals surface area contributed by atoms with Gasteiger partial charge in [-0.1, -0.05) is 80.6 Å². The second-order valence-electron chi connectivity index (χ2n) is 16.3. The van der Waals surface area contributed by atoms with Crippen LogP contribution in [-0.4, -0.2) is 17.2 Å². The van der Waals surface area contributed by atoms with Gasteiger partial charge in [-0.15, -0.1) is 0 Å². The van der Waals surface area contributed by atoms with E-state index >= 15 is 4.39 Å². The van der Waals surface area contributed by atoms with Gasteiger partial charge in [-0.2, -0.15) is 0 Å². The van der Waals surface area contributed by atoms with Gasteiger partial charge >= 0.3 is 0 Å². The molecular formula is C42H45BFN3S. The van der Waals surface area contributed by atoms with Gasteiger partial charge in [0.1, 0.15) is 11.5 Å². The molecule has 4 heterocycles. The number of thioether (sulfide) groups is 1. The lowest BCUT2D eigenvalue weighted by Crippen LogP contribution is -2.64. The monoisotopic (exact) mass is 653 g/mol. The number of fused-ring (bicyclic) bond motifs is 4. The number of nitrogens with zero attached hydrogens (tertiary/aromatic N) is 3. The average molecular weight is 654 g/mol. The molecule has 2 fully saturated rings. The highest BCUT2D eigenvalue weighted by molar-refractivity contribution is 8.01. The number of hydrogen-bond donors (Lipinski definition) is 0. The van der Waals surface area contributed by atoms with Crippen LogP contribution in [0.5, 0.6) is 0 Å². The fourth-order valence-electron chi connectivity index (χ4n) is 10.7. The highest BCUT2D eigenvalue weighted by Gasteiger charge is 2.56. The summed E-state index contributed by atoms with van der Waals surface area (Å²) in [7, 11) is 0. The lowest BCUT2D eigenvalue weighted by molar-refractivity contribution is 0.443. The van der Waals surface area contributed by atoms with Crippen molar-refractivity contribution in [2.24, 2.45) is 0 Å². The van der Waals surface area contributed by atoms with E-state index in [1.165, 1.54) is 119 Å². The van der Waals surface area contributed by atoms with E-state index in [9.17, 15) is 0 Å². The highest BCUT2D eigenvalue weighted by Crippen LogP contribution is 2.59. The van der Waals surface area contributed by atoms with Crippen molar-refractivity contribution in [2.75, 3.05) is 14.7 Å². The summed E-state index contributed by atoms with van der Waals surface area (Å²) in [5.74, 6) is 1.05. The molecule has 4 aromatic rings. The molecule has 10 rings (SSSR count). The van der Waals surface area contributed by atoms with Crippen molar-refractivity contribution in [1.82, 2.24) is 0 Å². The summed E-state index contributed by atoms with van der Waals surface area (Å²) in [5.41, 5.74) is 13.8. The molecule has 0 atom stereocenters. The fraction of sp³-hybridized carbons (Fsp3) is 0.429. The number of benzene rings is 4. The predicted octanol–water partition coefficient (Wildman–Crippen LogP) is 10.1. The molecule has 0 unspecified atom stereocenters. The molecule has 4 aliphatic heterocycles. The van der Waals surface area contributed by atoms with Crippen LogP contribution in [0.15, 0.2) is 71.6 Å². The van der Waals surface area contributed by atoms with E-state index in [2.05, 4.69) is 97.0 Å². The number of halogens is 1. The van der Waals surface area contributed by atoms with Gasteiger partial charge in [-0.25, -0.2) is 4.39 Å². The van der Waals surface area contributed by atoms with Crippen molar-refractivity contribution in [3.63, 3.8) is 0 Å². The van der Waals surface area contributed by atoms with Crippen molar-refractivity contribution < 1.29 is 4.39 Å². The third-order valence-electron chi connectivity index (χ3n) is 12.6. The Morgan fingerprint density at radius 3 is 1.88 bits per heavy atom. The zero-order valence-corrected chi connectivity index (χ0v) is 29.6. The molecule has 3 nitrogen and oxygen atoms in total. The Balaban J connectivity index is 1.30. The van der Waals surface area contributed by atoms with Gasteiger partial charge < -0.3 is 14.7 Å². The minimum atomic E-state index is -0.444. The van der Waals surface area contributed by atoms with E-state index < -0.39 is 5.66 Å². The Bertz CT molecular complexity index is 1980. The largest absolute Gasteiger partial charge is 0.326 e. The molecular weight excluding hydrogens is 608 g/mol. The molecule has 0 N–H and O–H groups in total. The van der Waals surface area contributed by atoms with Crippen LogP contribution in [0.3, 0.4) is 0 Å². The van der Waals surface area contributed by atoms with Crippen LogP contribution in [0, 0.1) is 5.82 Å². The minimum Gasteiger partial charge on any atom is -0.326 e. The lowest BCUT2D eigenvalue weighted by Gasteiger charge is -2.48. The van der Waals surface area contributed by atoms with Crippen molar-refractivity contribution in [1.29, 1.82) is 0 Å². The molecule has 4 aromatic carbocycles. The molecule has 6 heteroatoms. The Morgan fingerprint density at radius 1 is 0.646 bits per heavy atom. The van der Waals surface area contributed by atoms with Crippen LogP contribution >= 0.6 is 11.8 Å². The second kappa shape index (κ2) is 10.3.